The maximum Gasteiger partial charge on any atom is 0.244 e. The third-order valence-corrected chi connectivity index (χ3v) is 1.99. The first kappa shape index (κ1) is 11.2. The van der Waals surface area contributed by atoms with E-state index >= 15 is 0 Å². The zero-order valence-corrected chi connectivity index (χ0v) is 9.33. The van der Waals surface area contributed by atoms with Crippen molar-refractivity contribution in [2.75, 3.05) is 18.0 Å². The maximum absolute atomic E-state index is 5.68. The SMILES string of the molecule is CCCN(CCC)c1cnnc(Cl)n1. The van der Waals surface area contributed by atoms with E-state index in [1.165, 1.54) is 0 Å². The Hall–Kier alpha value is -0.900. The highest BCUT2D eigenvalue weighted by atomic mass is 35.5. The lowest BCUT2D eigenvalue weighted by Gasteiger charge is -2.21. The van der Waals surface area contributed by atoms with Crippen LogP contribution in [0.15, 0.2) is 6.20 Å². The van der Waals surface area contributed by atoms with Gasteiger partial charge in [-0.1, -0.05) is 13.8 Å². The maximum atomic E-state index is 5.68. The second kappa shape index (κ2) is 5.75. The summed E-state index contributed by atoms with van der Waals surface area (Å²) in [5, 5.41) is 7.61. The van der Waals surface area contributed by atoms with Gasteiger partial charge in [0.2, 0.25) is 5.28 Å². The summed E-state index contributed by atoms with van der Waals surface area (Å²) in [6, 6.07) is 0. The van der Waals surface area contributed by atoms with Gasteiger partial charge in [0, 0.05) is 13.1 Å². The minimum absolute atomic E-state index is 0.208. The van der Waals surface area contributed by atoms with Gasteiger partial charge in [-0.3, -0.25) is 0 Å². The first-order chi connectivity index (χ1) is 6.77. The van der Waals surface area contributed by atoms with Crippen LogP contribution >= 0.6 is 11.6 Å². The molecule has 0 aliphatic heterocycles. The van der Waals surface area contributed by atoms with E-state index in [1.54, 1.807) is 6.20 Å². The topological polar surface area (TPSA) is 41.9 Å². The standard InChI is InChI=1S/C9H15ClN4/c1-3-5-14(6-4-2)8-7-11-13-9(10)12-8/h7H,3-6H2,1-2H3. The minimum Gasteiger partial charge on any atom is -0.355 e. The number of hydrogen-bond acceptors (Lipinski definition) is 4. The van der Waals surface area contributed by atoms with Crippen molar-refractivity contribution in [1.82, 2.24) is 15.2 Å². The zero-order valence-electron chi connectivity index (χ0n) is 8.57. The molecule has 0 amide bonds. The van der Waals surface area contributed by atoms with E-state index in [2.05, 4.69) is 33.9 Å². The molecular weight excluding hydrogens is 200 g/mol. The summed E-state index contributed by atoms with van der Waals surface area (Å²) >= 11 is 5.68. The summed E-state index contributed by atoms with van der Waals surface area (Å²) in [6.07, 6.45) is 3.82. The van der Waals surface area contributed by atoms with Gasteiger partial charge < -0.3 is 4.90 Å². The van der Waals surface area contributed by atoms with E-state index in [9.17, 15) is 0 Å². The smallest absolute Gasteiger partial charge is 0.244 e. The van der Waals surface area contributed by atoms with Crippen LogP contribution in [0.25, 0.3) is 0 Å². The summed E-state index contributed by atoms with van der Waals surface area (Å²) < 4.78 is 0. The van der Waals surface area contributed by atoms with Gasteiger partial charge in [0.25, 0.3) is 0 Å². The van der Waals surface area contributed by atoms with Gasteiger partial charge >= 0.3 is 0 Å². The molecule has 0 N–H and O–H groups in total. The fraction of sp³-hybridized carbons (Fsp3) is 0.667. The lowest BCUT2D eigenvalue weighted by molar-refractivity contribution is 0.726. The molecule has 0 bridgehead atoms. The average molecular weight is 215 g/mol. The molecule has 0 aromatic carbocycles. The molecule has 0 radical (unpaired) electrons. The highest BCUT2D eigenvalue weighted by Crippen LogP contribution is 2.11. The number of halogens is 1. The molecule has 1 heterocycles. The van der Waals surface area contributed by atoms with E-state index in [4.69, 9.17) is 11.6 Å². The van der Waals surface area contributed by atoms with Crippen LogP contribution in [0.5, 0.6) is 0 Å². The largest absolute Gasteiger partial charge is 0.355 e. The van der Waals surface area contributed by atoms with Gasteiger partial charge in [0.15, 0.2) is 5.82 Å². The van der Waals surface area contributed by atoms with Crippen molar-refractivity contribution in [2.24, 2.45) is 0 Å². The van der Waals surface area contributed by atoms with Crippen LogP contribution in [0.4, 0.5) is 5.82 Å². The third-order valence-electron chi connectivity index (χ3n) is 1.83. The molecule has 1 rings (SSSR count). The van der Waals surface area contributed by atoms with E-state index in [0.717, 1.165) is 31.7 Å². The van der Waals surface area contributed by atoms with Crippen molar-refractivity contribution in [3.63, 3.8) is 0 Å². The summed E-state index contributed by atoms with van der Waals surface area (Å²) in [6.45, 7) is 6.23. The van der Waals surface area contributed by atoms with Gasteiger partial charge in [-0.05, 0) is 24.4 Å². The Morgan fingerprint density at radius 2 is 1.93 bits per heavy atom. The van der Waals surface area contributed by atoms with E-state index in [1.807, 2.05) is 0 Å². The fourth-order valence-corrected chi connectivity index (χ4v) is 1.44. The van der Waals surface area contributed by atoms with Crippen molar-refractivity contribution >= 4 is 17.4 Å². The monoisotopic (exact) mass is 214 g/mol. The quantitative estimate of drug-likeness (QED) is 0.753. The van der Waals surface area contributed by atoms with Crippen LogP contribution in [0.2, 0.25) is 5.28 Å². The molecule has 0 unspecified atom stereocenters. The predicted octanol–water partition coefficient (Wildman–Crippen LogP) is 2.15. The lowest BCUT2D eigenvalue weighted by atomic mass is 10.3. The highest BCUT2D eigenvalue weighted by Gasteiger charge is 2.06. The number of rotatable bonds is 5. The summed E-state index contributed by atoms with van der Waals surface area (Å²) in [7, 11) is 0. The van der Waals surface area contributed by atoms with Crippen LogP contribution < -0.4 is 4.90 Å². The number of hydrogen-bond donors (Lipinski definition) is 0. The molecule has 78 valence electrons. The molecule has 0 atom stereocenters. The Labute approximate surface area is 89.3 Å². The third kappa shape index (κ3) is 3.10. The Morgan fingerprint density at radius 3 is 2.43 bits per heavy atom. The molecule has 1 aromatic rings. The molecule has 0 aliphatic carbocycles. The minimum atomic E-state index is 0.208. The van der Waals surface area contributed by atoms with Crippen LogP contribution in [0.3, 0.4) is 0 Å². The van der Waals surface area contributed by atoms with Crippen molar-refractivity contribution in [3.8, 4) is 0 Å². The average Bonchev–Trinajstić information content (AvgIpc) is 2.17. The molecule has 0 aliphatic rings. The van der Waals surface area contributed by atoms with Gasteiger partial charge in [0.1, 0.15) is 0 Å². The van der Waals surface area contributed by atoms with Crippen molar-refractivity contribution in [2.45, 2.75) is 26.7 Å². The highest BCUT2D eigenvalue weighted by molar-refractivity contribution is 6.28. The number of aromatic nitrogens is 3. The molecular formula is C9H15ClN4. The van der Waals surface area contributed by atoms with Gasteiger partial charge in [-0.2, -0.15) is 10.1 Å². The van der Waals surface area contributed by atoms with Crippen molar-refractivity contribution < 1.29 is 0 Å². The van der Waals surface area contributed by atoms with Crippen LogP contribution in [-0.4, -0.2) is 28.3 Å². The molecule has 5 heteroatoms. The molecule has 0 fully saturated rings. The van der Waals surface area contributed by atoms with Crippen LogP contribution in [-0.2, 0) is 0 Å². The summed E-state index contributed by atoms with van der Waals surface area (Å²) in [5.74, 6) is 0.814. The van der Waals surface area contributed by atoms with Gasteiger partial charge in [0.05, 0.1) is 6.20 Å². The molecule has 4 nitrogen and oxygen atoms in total. The van der Waals surface area contributed by atoms with Gasteiger partial charge in [-0.25, -0.2) is 0 Å². The second-order valence-electron chi connectivity index (χ2n) is 3.07. The Balaban J connectivity index is 2.75. The molecule has 0 saturated carbocycles. The Bertz CT molecular complexity index is 273. The van der Waals surface area contributed by atoms with Gasteiger partial charge in [-0.15, -0.1) is 5.10 Å². The first-order valence-corrected chi connectivity index (χ1v) is 5.25. The first-order valence-electron chi connectivity index (χ1n) is 4.88. The normalized spacial score (nSPS) is 10.2. The van der Waals surface area contributed by atoms with E-state index in [-0.39, 0.29) is 5.28 Å². The second-order valence-corrected chi connectivity index (χ2v) is 3.41. The fourth-order valence-electron chi connectivity index (χ4n) is 1.31. The molecule has 0 spiro atoms. The zero-order chi connectivity index (χ0) is 10.4. The Morgan fingerprint density at radius 1 is 1.29 bits per heavy atom. The molecule has 14 heavy (non-hydrogen) atoms. The molecule has 1 aromatic heterocycles. The number of nitrogens with zero attached hydrogens (tertiary/aromatic N) is 4. The summed E-state index contributed by atoms with van der Waals surface area (Å²) in [5.41, 5.74) is 0. The van der Waals surface area contributed by atoms with Crippen LogP contribution in [0.1, 0.15) is 26.7 Å². The lowest BCUT2D eigenvalue weighted by Crippen LogP contribution is -2.26. The van der Waals surface area contributed by atoms with Crippen molar-refractivity contribution in [3.05, 3.63) is 11.5 Å². The van der Waals surface area contributed by atoms with E-state index in [0.29, 0.717) is 0 Å². The van der Waals surface area contributed by atoms with Crippen molar-refractivity contribution in [1.29, 1.82) is 0 Å². The predicted molar refractivity (Wildman–Crippen MR) is 57.6 cm³/mol. The van der Waals surface area contributed by atoms with Crippen LogP contribution in [0, 0.1) is 0 Å². The summed E-state index contributed by atoms with van der Waals surface area (Å²) in [4.78, 5) is 6.30. The Kier molecular flexibility index (Phi) is 4.59. The molecule has 0 saturated heterocycles. The number of anilines is 1. The van der Waals surface area contributed by atoms with E-state index < -0.39 is 0 Å².